The lowest BCUT2D eigenvalue weighted by Gasteiger charge is -2.33. The molecule has 3 atom stereocenters. The van der Waals surface area contributed by atoms with Crippen LogP contribution in [-0.4, -0.2) is 41.2 Å². The quantitative estimate of drug-likeness (QED) is 0.881. The van der Waals surface area contributed by atoms with Gasteiger partial charge in [0.25, 0.3) is 0 Å². The number of rotatable bonds is 5. The molecule has 0 spiro atoms. The van der Waals surface area contributed by atoms with Crippen LogP contribution in [0.2, 0.25) is 0 Å². The molecule has 1 aromatic heterocycles. The Bertz CT molecular complexity index is 413. The average Bonchev–Trinajstić information content (AvgIpc) is 2.99. The second-order valence-corrected chi connectivity index (χ2v) is 5.90. The van der Waals surface area contributed by atoms with E-state index in [1.165, 1.54) is 6.42 Å². The third kappa shape index (κ3) is 2.82. The summed E-state index contributed by atoms with van der Waals surface area (Å²) in [5.74, 6) is 3.00. The molecule has 1 aliphatic heterocycles. The van der Waals surface area contributed by atoms with E-state index >= 15 is 0 Å². The van der Waals surface area contributed by atoms with E-state index in [0.717, 1.165) is 56.7 Å². The Morgan fingerprint density at radius 3 is 2.79 bits per heavy atom. The van der Waals surface area contributed by atoms with Crippen LogP contribution in [-0.2, 0) is 0 Å². The molecule has 2 fully saturated rings. The van der Waals surface area contributed by atoms with Gasteiger partial charge in [-0.15, -0.1) is 0 Å². The van der Waals surface area contributed by atoms with Gasteiger partial charge in [0, 0.05) is 32.1 Å². The predicted octanol–water partition coefficient (Wildman–Crippen LogP) is 1.94. The summed E-state index contributed by atoms with van der Waals surface area (Å²) in [7, 11) is 0. The second-order valence-electron chi connectivity index (χ2n) is 5.90. The summed E-state index contributed by atoms with van der Waals surface area (Å²) in [5.41, 5.74) is 0. The van der Waals surface area contributed by atoms with Gasteiger partial charge in [-0.3, -0.25) is 4.90 Å². The zero-order valence-electron chi connectivity index (χ0n) is 11.9. The molecule has 19 heavy (non-hydrogen) atoms. The van der Waals surface area contributed by atoms with E-state index in [0.29, 0.717) is 12.0 Å². The first-order valence-electron chi connectivity index (χ1n) is 7.58. The van der Waals surface area contributed by atoms with Crippen LogP contribution >= 0.6 is 0 Å². The largest absolute Gasteiger partial charge is 0.339 e. The van der Waals surface area contributed by atoms with Crippen LogP contribution < -0.4 is 5.32 Å². The fourth-order valence-corrected chi connectivity index (χ4v) is 2.94. The van der Waals surface area contributed by atoms with Gasteiger partial charge in [0.1, 0.15) is 0 Å². The molecule has 3 unspecified atom stereocenters. The fourth-order valence-electron chi connectivity index (χ4n) is 2.94. The van der Waals surface area contributed by atoms with Crippen molar-refractivity contribution in [3.8, 4) is 0 Å². The van der Waals surface area contributed by atoms with Crippen molar-refractivity contribution in [2.45, 2.75) is 45.1 Å². The summed E-state index contributed by atoms with van der Waals surface area (Å²) in [4.78, 5) is 7.17. The maximum absolute atomic E-state index is 5.47. The van der Waals surface area contributed by atoms with Gasteiger partial charge in [-0.1, -0.05) is 25.4 Å². The summed E-state index contributed by atoms with van der Waals surface area (Å²) >= 11 is 0. The van der Waals surface area contributed by atoms with Gasteiger partial charge in [-0.2, -0.15) is 4.98 Å². The van der Waals surface area contributed by atoms with Crippen molar-refractivity contribution in [1.29, 1.82) is 0 Å². The van der Waals surface area contributed by atoms with Gasteiger partial charge in [0.05, 0.1) is 6.04 Å². The van der Waals surface area contributed by atoms with Crippen molar-refractivity contribution in [2.24, 2.45) is 5.92 Å². The van der Waals surface area contributed by atoms with Crippen molar-refractivity contribution in [1.82, 2.24) is 20.4 Å². The molecule has 1 saturated heterocycles. The SMILES string of the molecule is CCCC(c1noc(C2CC2C)n1)N1CCNCC1. The van der Waals surface area contributed by atoms with Crippen LogP contribution in [0.15, 0.2) is 4.52 Å². The highest BCUT2D eigenvalue weighted by atomic mass is 16.5. The van der Waals surface area contributed by atoms with Gasteiger partial charge >= 0.3 is 0 Å². The highest BCUT2D eigenvalue weighted by Gasteiger charge is 2.39. The number of hydrogen-bond acceptors (Lipinski definition) is 5. The van der Waals surface area contributed by atoms with Crippen molar-refractivity contribution in [2.75, 3.05) is 26.2 Å². The van der Waals surface area contributed by atoms with E-state index in [-0.39, 0.29) is 0 Å². The fraction of sp³-hybridized carbons (Fsp3) is 0.857. The summed E-state index contributed by atoms with van der Waals surface area (Å²) in [5, 5.41) is 7.65. The van der Waals surface area contributed by atoms with Crippen molar-refractivity contribution < 1.29 is 4.52 Å². The Hall–Kier alpha value is -0.940. The summed E-state index contributed by atoms with van der Waals surface area (Å²) in [6, 6.07) is 0.332. The second kappa shape index (κ2) is 5.59. The average molecular weight is 264 g/mol. The van der Waals surface area contributed by atoms with Crippen molar-refractivity contribution in [3.05, 3.63) is 11.7 Å². The van der Waals surface area contributed by atoms with Crippen LogP contribution in [0, 0.1) is 5.92 Å². The van der Waals surface area contributed by atoms with E-state index in [4.69, 9.17) is 4.52 Å². The molecule has 5 heteroatoms. The molecule has 1 aliphatic carbocycles. The summed E-state index contributed by atoms with van der Waals surface area (Å²) in [6.45, 7) is 8.74. The highest BCUT2D eigenvalue weighted by Crippen LogP contribution is 2.46. The van der Waals surface area contributed by atoms with Crippen molar-refractivity contribution in [3.63, 3.8) is 0 Å². The van der Waals surface area contributed by atoms with Gasteiger partial charge in [-0.05, 0) is 18.8 Å². The summed E-state index contributed by atoms with van der Waals surface area (Å²) < 4.78 is 5.47. The predicted molar refractivity (Wildman–Crippen MR) is 72.9 cm³/mol. The van der Waals surface area contributed by atoms with E-state index < -0.39 is 0 Å². The molecule has 0 bridgehead atoms. The van der Waals surface area contributed by atoms with Crippen LogP contribution in [0.1, 0.15) is 56.8 Å². The molecular formula is C14H24N4O. The van der Waals surface area contributed by atoms with E-state index in [1.807, 2.05) is 0 Å². The van der Waals surface area contributed by atoms with Gasteiger partial charge in [0.2, 0.25) is 5.89 Å². The Kier molecular flexibility index (Phi) is 3.84. The smallest absolute Gasteiger partial charge is 0.230 e. The van der Waals surface area contributed by atoms with E-state index in [2.05, 4.69) is 34.2 Å². The monoisotopic (exact) mass is 264 g/mol. The third-order valence-corrected chi connectivity index (χ3v) is 4.34. The molecule has 2 aliphatic rings. The van der Waals surface area contributed by atoms with Gasteiger partial charge < -0.3 is 9.84 Å². The van der Waals surface area contributed by atoms with Crippen molar-refractivity contribution >= 4 is 0 Å². The minimum Gasteiger partial charge on any atom is -0.339 e. The topological polar surface area (TPSA) is 54.2 Å². The normalized spacial score (nSPS) is 29.4. The number of nitrogens with zero attached hydrogens (tertiary/aromatic N) is 3. The number of nitrogens with one attached hydrogen (secondary N) is 1. The molecular weight excluding hydrogens is 240 g/mol. The number of aromatic nitrogens is 2. The summed E-state index contributed by atoms with van der Waals surface area (Å²) in [6.07, 6.45) is 3.46. The molecule has 106 valence electrons. The van der Waals surface area contributed by atoms with E-state index in [9.17, 15) is 0 Å². The van der Waals surface area contributed by atoms with Gasteiger partial charge in [0.15, 0.2) is 5.82 Å². The molecule has 1 aromatic rings. The minimum atomic E-state index is 0.332. The lowest BCUT2D eigenvalue weighted by Crippen LogP contribution is -2.45. The molecule has 5 nitrogen and oxygen atoms in total. The van der Waals surface area contributed by atoms with E-state index in [1.54, 1.807) is 0 Å². The standard InChI is InChI=1S/C14H24N4O/c1-3-4-12(18-7-5-15-6-8-18)13-16-14(19-17-13)11-9-10(11)2/h10-12,15H,3-9H2,1-2H3. The third-order valence-electron chi connectivity index (χ3n) is 4.34. The number of hydrogen-bond donors (Lipinski definition) is 1. The molecule has 1 N–H and O–H groups in total. The zero-order chi connectivity index (χ0) is 13.2. The van der Waals surface area contributed by atoms with Crippen LogP contribution in [0.25, 0.3) is 0 Å². The minimum absolute atomic E-state index is 0.332. The first kappa shape index (κ1) is 13.1. The number of piperazine rings is 1. The molecule has 3 rings (SSSR count). The van der Waals surface area contributed by atoms with Gasteiger partial charge in [-0.25, -0.2) is 0 Å². The lowest BCUT2D eigenvalue weighted by molar-refractivity contribution is 0.155. The first-order valence-corrected chi connectivity index (χ1v) is 7.58. The molecule has 1 saturated carbocycles. The zero-order valence-corrected chi connectivity index (χ0v) is 11.9. The van der Waals surface area contributed by atoms with Crippen LogP contribution in [0.5, 0.6) is 0 Å². The lowest BCUT2D eigenvalue weighted by atomic mass is 10.1. The Balaban J connectivity index is 1.73. The Morgan fingerprint density at radius 2 is 2.16 bits per heavy atom. The molecule has 0 aromatic carbocycles. The Labute approximate surface area is 114 Å². The van der Waals surface area contributed by atoms with Crippen LogP contribution in [0.3, 0.4) is 0 Å². The first-order chi connectivity index (χ1) is 9.29. The molecule has 0 radical (unpaired) electrons. The molecule has 2 heterocycles. The van der Waals surface area contributed by atoms with Crippen LogP contribution in [0.4, 0.5) is 0 Å². The Morgan fingerprint density at radius 1 is 1.42 bits per heavy atom. The molecule has 0 amide bonds. The highest BCUT2D eigenvalue weighted by molar-refractivity contribution is 5.07. The maximum atomic E-state index is 5.47. The maximum Gasteiger partial charge on any atom is 0.230 e.